The van der Waals surface area contributed by atoms with Crippen LogP contribution in [0.25, 0.3) is 0 Å². The van der Waals surface area contributed by atoms with Crippen molar-refractivity contribution in [1.82, 2.24) is 30.2 Å². The first-order chi connectivity index (χ1) is 19.3. The quantitative estimate of drug-likeness (QED) is 0.413. The first-order valence-corrected chi connectivity index (χ1v) is 15.9. The lowest BCUT2D eigenvalue weighted by molar-refractivity contribution is -0.144. The summed E-state index contributed by atoms with van der Waals surface area (Å²) >= 11 is 0. The summed E-state index contributed by atoms with van der Waals surface area (Å²) in [7, 11) is 3.82. The van der Waals surface area contributed by atoms with Gasteiger partial charge in [-0.25, -0.2) is 0 Å². The number of rotatable bonds is 10. The van der Waals surface area contributed by atoms with Crippen molar-refractivity contribution in [3.05, 3.63) is 0 Å². The molecule has 3 heterocycles. The monoisotopic (exact) mass is 576 g/mol. The van der Waals surface area contributed by atoms with Crippen LogP contribution in [-0.2, 0) is 19.2 Å². The SMILES string of the molecule is CCNC(=O)[C@@H]1CCCN1C(=O)C1CCCN1C[C@H](C(C)C)N(C)C(=O)C(NC(=O)C1CCCCN1C)C(C)(C)C. The van der Waals surface area contributed by atoms with Gasteiger partial charge in [-0.05, 0) is 76.9 Å². The third-order valence-electron chi connectivity index (χ3n) is 9.35. The summed E-state index contributed by atoms with van der Waals surface area (Å²) in [5.41, 5.74) is -0.467. The van der Waals surface area contributed by atoms with E-state index in [1.54, 1.807) is 9.80 Å². The van der Waals surface area contributed by atoms with Gasteiger partial charge in [0, 0.05) is 32.7 Å². The molecule has 3 fully saturated rings. The molecule has 4 amide bonds. The first-order valence-electron chi connectivity index (χ1n) is 15.9. The van der Waals surface area contributed by atoms with Gasteiger partial charge in [-0.3, -0.25) is 29.0 Å². The number of hydrogen-bond acceptors (Lipinski definition) is 6. The molecule has 234 valence electrons. The second-order valence-corrected chi connectivity index (χ2v) is 13.8. The van der Waals surface area contributed by atoms with Crippen molar-refractivity contribution in [3.8, 4) is 0 Å². The minimum Gasteiger partial charge on any atom is -0.355 e. The van der Waals surface area contributed by atoms with Gasteiger partial charge < -0.3 is 20.4 Å². The Morgan fingerprint density at radius 3 is 2.12 bits per heavy atom. The maximum Gasteiger partial charge on any atom is 0.245 e. The zero-order valence-electron chi connectivity index (χ0n) is 26.9. The molecule has 3 aliphatic rings. The van der Waals surface area contributed by atoms with E-state index in [1.165, 1.54) is 0 Å². The largest absolute Gasteiger partial charge is 0.355 e. The van der Waals surface area contributed by atoms with Gasteiger partial charge >= 0.3 is 0 Å². The Hall–Kier alpha value is -2.20. The number of nitrogens with one attached hydrogen (secondary N) is 2. The molecule has 5 atom stereocenters. The van der Waals surface area contributed by atoms with E-state index >= 15 is 0 Å². The predicted molar refractivity (Wildman–Crippen MR) is 161 cm³/mol. The van der Waals surface area contributed by atoms with Gasteiger partial charge in [-0.1, -0.05) is 41.0 Å². The first kappa shape index (κ1) is 33.3. The van der Waals surface area contributed by atoms with Crippen molar-refractivity contribution in [1.29, 1.82) is 0 Å². The Kier molecular flexibility index (Phi) is 11.6. The molecule has 3 saturated heterocycles. The molecule has 10 heteroatoms. The van der Waals surface area contributed by atoms with Gasteiger partial charge in [-0.15, -0.1) is 0 Å². The molecule has 0 spiro atoms. The zero-order valence-corrected chi connectivity index (χ0v) is 26.9. The van der Waals surface area contributed by atoms with Crippen molar-refractivity contribution < 1.29 is 19.2 Å². The molecule has 3 aliphatic heterocycles. The third-order valence-corrected chi connectivity index (χ3v) is 9.35. The van der Waals surface area contributed by atoms with Gasteiger partial charge in [-0.2, -0.15) is 0 Å². The van der Waals surface area contributed by atoms with E-state index in [-0.39, 0.29) is 47.7 Å². The second kappa shape index (κ2) is 14.3. The molecular weight excluding hydrogens is 520 g/mol. The molecule has 0 aromatic heterocycles. The van der Waals surface area contributed by atoms with Crippen molar-refractivity contribution >= 4 is 23.6 Å². The molecule has 3 rings (SSSR count). The van der Waals surface area contributed by atoms with E-state index in [0.29, 0.717) is 26.1 Å². The second-order valence-electron chi connectivity index (χ2n) is 13.8. The molecule has 10 nitrogen and oxygen atoms in total. The number of carbonyl (C=O) groups excluding carboxylic acids is 4. The molecule has 41 heavy (non-hydrogen) atoms. The highest BCUT2D eigenvalue weighted by Gasteiger charge is 2.43. The number of carbonyl (C=O) groups is 4. The van der Waals surface area contributed by atoms with E-state index in [0.717, 1.165) is 51.6 Å². The molecule has 0 aromatic rings. The summed E-state index contributed by atoms with van der Waals surface area (Å²) in [5.74, 6) is -0.0588. The Morgan fingerprint density at radius 1 is 0.878 bits per heavy atom. The summed E-state index contributed by atoms with van der Waals surface area (Å²) in [6, 6.07) is -1.68. The summed E-state index contributed by atoms with van der Waals surface area (Å²) in [4.78, 5) is 61.7. The van der Waals surface area contributed by atoms with Crippen molar-refractivity contribution in [3.63, 3.8) is 0 Å². The van der Waals surface area contributed by atoms with Gasteiger partial charge in [0.25, 0.3) is 0 Å². The number of amides is 4. The van der Waals surface area contributed by atoms with Gasteiger partial charge in [0.1, 0.15) is 12.1 Å². The molecule has 0 aliphatic carbocycles. The molecule has 2 N–H and O–H groups in total. The summed E-state index contributed by atoms with van der Waals surface area (Å²) in [6.07, 6.45) is 6.12. The van der Waals surface area contributed by atoms with Crippen LogP contribution in [0.15, 0.2) is 0 Å². The number of likely N-dealkylation sites (tertiary alicyclic amines) is 3. The van der Waals surface area contributed by atoms with Crippen molar-refractivity contribution in [2.75, 3.05) is 46.8 Å². The average molecular weight is 577 g/mol. The van der Waals surface area contributed by atoms with Crippen LogP contribution in [0.2, 0.25) is 0 Å². The highest BCUT2D eigenvalue weighted by atomic mass is 16.2. The summed E-state index contributed by atoms with van der Waals surface area (Å²) in [5, 5.41) is 6.02. The minimum absolute atomic E-state index is 0.0316. The van der Waals surface area contributed by atoms with Crippen LogP contribution in [0.3, 0.4) is 0 Å². The molecule has 3 unspecified atom stereocenters. The Bertz CT molecular complexity index is 934. The zero-order chi connectivity index (χ0) is 30.5. The summed E-state index contributed by atoms with van der Waals surface area (Å²) in [6.45, 7) is 15.5. The maximum atomic E-state index is 14.1. The van der Waals surface area contributed by atoms with Crippen LogP contribution in [0.1, 0.15) is 86.5 Å². The van der Waals surface area contributed by atoms with Crippen molar-refractivity contribution in [2.24, 2.45) is 11.3 Å². The normalized spacial score (nSPS) is 25.7. The van der Waals surface area contributed by atoms with E-state index in [2.05, 4.69) is 34.3 Å². The molecule has 0 aromatic carbocycles. The fourth-order valence-electron chi connectivity index (χ4n) is 6.79. The van der Waals surface area contributed by atoms with Crippen LogP contribution in [0.4, 0.5) is 0 Å². The number of hydrogen-bond donors (Lipinski definition) is 2. The van der Waals surface area contributed by atoms with Crippen LogP contribution in [0.5, 0.6) is 0 Å². The van der Waals surface area contributed by atoms with Gasteiger partial charge in [0.05, 0.1) is 12.1 Å². The fraction of sp³-hybridized carbons (Fsp3) is 0.871. The van der Waals surface area contributed by atoms with Gasteiger partial charge in [0.15, 0.2) is 0 Å². The molecule has 0 bridgehead atoms. The highest BCUT2D eigenvalue weighted by Crippen LogP contribution is 2.28. The molecular formula is C31H56N6O4. The van der Waals surface area contributed by atoms with Crippen LogP contribution in [0, 0.1) is 11.3 Å². The van der Waals surface area contributed by atoms with E-state index in [4.69, 9.17) is 0 Å². The number of nitrogens with zero attached hydrogens (tertiary/aromatic N) is 4. The van der Waals surface area contributed by atoms with Crippen LogP contribution >= 0.6 is 0 Å². The Labute approximate surface area is 247 Å². The lowest BCUT2D eigenvalue weighted by atomic mass is 9.84. The maximum absolute atomic E-state index is 14.1. The third kappa shape index (κ3) is 8.00. The van der Waals surface area contributed by atoms with E-state index in [1.807, 2.05) is 41.8 Å². The molecule has 0 saturated carbocycles. The van der Waals surface area contributed by atoms with Crippen LogP contribution < -0.4 is 10.6 Å². The lowest BCUT2D eigenvalue weighted by Crippen LogP contribution is -2.61. The lowest BCUT2D eigenvalue weighted by Gasteiger charge is -2.41. The fourth-order valence-corrected chi connectivity index (χ4v) is 6.79. The van der Waals surface area contributed by atoms with E-state index in [9.17, 15) is 19.2 Å². The Balaban J connectivity index is 1.73. The van der Waals surface area contributed by atoms with Crippen LogP contribution in [-0.4, -0.2) is 120 Å². The van der Waals surface area contributed by atoms with Gasteiger partial charge in [0.2, 0.25) is 23.6 Å². The minimum atomic E-state index is -0.657. The average Bonchev–Trinajstić information content (AvgIpc) is 3.59. The number of likely N-dealkylation sites (N-methyl/N-ethyl adjacent to an activating group) is 3. The summed E-state index contributed by atoms with van der Waals surface area (Å²) < 4.78 is 0. The van der Waals surface area contributed by atoms with Crippen molar-refractivity contribution in [2.45, 2.75) is 117 Å². The highest BCUT2D eigenvalue weighted by molar-refractivity contribution is 5.91. The predicted octanol–water partition coefficient (Wildman–Crippen LogP) is 2.08. The topological polar surface area (TPSA) is 105 Å². The standard InChI is InChI=1S/C31H56N6O4/c1-9-32-27(38)23-15-13-19-37(23)29(40)24-16-12-18-36(24)20-25(21(2)3)35(8)30(41)26(31(4,5)6)33-28(39)22-14-10-11-17-34(22)7/h21-26H,9-20H2,1-8H3,(H,32,38)(H,33,39)/t22?,23-,24?,25+,26?/m0/s1. The Morgan fingerprint density at radius 2 is 1.51 bits per heavy atom. The smallest absolute Gasteiger partial charge is 0.245 e. The molecule has 0 radical (unpaired) electrons. The number of piperidine rings is 1. The van der Waals surface area contributed by atoms with E-state index < -0.39 is 17.5 Å².